The minimum Gasteiger partial charge on any atom is -0.294 e. The highest BCUT2D eigenvalue weighted by Crippen LogP contribution is 2.38. The lowest BCUT2D eigenvalue weighted by Gasteiger charge is -2.20. The summed E-state index contributed by atoms with van der Waals surface area (Å²) < 4.78 is 0. The van der Waals surface area contributed by atoms with Crippen molar-refractivity contribution in [2.24, 2.45) is 0 Å². The monoisotopic (exact) mass is 418 g/mol. The van der Waals surface area contributed by atoms with Gasteiger partial charge in [-0.15, -0.1) is 0 Å². The average Bonchev–Trinajstić information content (AvgIpc) is 2.75. The molecule has 3 aromatic carbocycles. The number of Topliss-reactive ketones (excluding diaryl/α,β-unsaturated/α-hetero) is 3. The van der Waals surface area contributed by atoms with Crippen molar-refractivity contribution in [3.63, 3.8) is 0 Å². The van der Waals surface area contributed by atoms with Gasteiger partial charge in [-0.05, 0) is 36.4 Å². The fraction of sp³-hybridized carbons (Fsp3) is 0.0417. The number of ketones is 3. The second kappa shape index (κ2) is 8.19. The standard InChI is InChI=1S/C24H15ClO3S/c25-16-12-10-15(11-13-16)21(26)14-20-22(27)18-8-4-5-9-19(18)23(28)24(20)29-17-6-2-1-3-7-17/h1-13H,14H2. The quantitative estimate of drug-likeness (QED) is 0.474. The van der Waals surface area contributed by atoms with E-state index in [0.717, 1.165) is 4.90 Å². The number of carbonyl (C=O) groups excluding carboxylic acids is 3. The third kappa shape index (κ3) is 3.95. The van der Waals surface area contributed by atoms with E-state index < -0.39 is 0 Å². The van der Waals surface area contributed by atoms with Crippen LogP contribution >= 0.6 is 23.4 Å². The minimum absolute atomic E-state index is 0.143. The summed E-state index contributed by atoms with van der Waals surface area (Å²) in [7, 11) is 0. The Balaban J connectivity index is 1.77. The van der Waals surface area contributed by atoms with Gasteiger partial charge in [0.15, 0.2) is 11.6 Å². The Morgan fingerprint density at radius 2 is 1.34 bits per heavy atom. The van der Waals surface area contributed by atoms with E-state index in [0.29, 0.717) is 26.6 Å². The predicted octanol–water partition coefficient (Wildman–Crippen LogP) is 6.04. The van der Waals surface area contributed by atoms with E-state index in [2.05, 4.69) is 0 Å². The van der Waals surface area contributed by atoms with Crippen molar-refractivity contribution >= 4 is 40.7 Å². The highest BCUT2D eigenvalue weighted by molar-refractivity contribution is 8.04. The molecule has 1 aliphatic rings. The van der Waals surface area contributed by atoms with Crippen LogP contribution in [0.3, 0.4) is 0 Å². The number of rotatable bonds is 5. The predicted molar refractivity (Wildman–Crippen MR) is 115 cm³/mol. The number of carbonyl (C=O) groups is 3. The average molecular weight is 419 g/mol. The molecule has 0 N–H and O–H groups in total. The van der Waals surface area contributed by atoms with E-state index >= 15 is 0 Å². The van der Waals surface area contributed by atoms with E-state index in [4.69, 9.17) is 11.6 Å². The van der Waals surface area contributed by atoms with Gasteiger partial charge in [0.05, 0.1) is 4.91 Å². The van der Waals surface area contributed by atoms with E-state index in [1.165, 1.54) is 11.8 Å². The van der Waals surface area contributed by atoms with E-state index in [1.54, 1.807) is 48.5 Å². The molecule has 0 radical (unpaired) electrons. The number of thioether (sulfide) groups is 1. The van der Waals surface area contributed by atoms with Gasteiger partial charge < -0.3 is 0 Å². The maximum atomic E-state index is 13.2. The molecular formula is C24H15ClO3S. The first-order valence-electron chi connectivity index (χ1n) is 8.98. The zero-order chi connectivity index (χ0) is 20.4. The molecule has 0 atom stereocenters. The molecule has 1 aliphatic carbocycles. The number of halogens is 1. The number of benzene rings is 3. The van der Waals surface area contributed by atoms with Gasteiger partial charge in [-0.25, -0.2) is 0 Å². The summed E-state index contributed by atoms with van der Waals surface area (Å²) in [5.74, 6) is -0.739. The Hall–Kier alpha value is -2.95. The molecule has 3 nitrogen and oxygen atoms in total. The molecule has 0 unspecified atom stereocenters. The Labute approximate surface area is 177 Å². The van der Waals surface area contributed by atoms with Gasteiger partial charge >= 0.3 is 0 Å². The van der Waals surface area contributed by atoms with Crippen LogP contribution in [-0.2, 0) is 0 Å². The highest BCUT2D eigenvalue weighted by atomic mass is 35.5. The Morgan fingerprint density at radius 3 is 2.00 bits per heavy atom. The third-order valence-electron chi connectivity index (χ3n) is 4.64. The maximum Gasteiger partial charge on any atom is 0.200 e. The molecule has 0 saturated heterocycles. The Kier molecular flexibility index (Phi) is 5.47. The molecule has 3 aromatic rings. The topological polar surface area (TPSA) is 51.2 Å². The molecule has 0 bridgehead atoms. The highest BCUT2D eigenvalue weighted by Gasteiger charge is 2.33. The SMILES string of the molecule is O=C(CC1=C(Sc2ccccc2)C(=O)c2ccccc2C1=O)c1ccc(Cl)cc1. The van der Waals surface area contributed by atoms with E-state index in [-0.39, 0.29) is 29.3 Å². The first-order chi connectivity index (χ1) is 14.0. The largest absolute Gasteiger partial charge is 0.294 e. The van der Waals surface area contributed by atoms with Gasteiger partial charge in [0.25, 0.3) is 0 Å². The minimum atomic E-state index is -0.277. The van der Waals surface area contributed by atoms with Crippen LogP contribution in [0.4, 0.5) is 0 Å². The lowest BCUT2D eigenvalue weighted by Crippen LogP contribution is -2.22. The molecule has 0 amide bonds. The van der Waals surface area contributed by atoms with Gasteiger partial charge in [0, 0.05) is 38.6 Å². The van der Waals surface area contributed by atoms with Crippen LogP contribution in [0.25, 0.3) is 0 Å². The van der Waals surface area contributed by atoms with Gasteiger partial charge in [-0.3, -0.25) is 14.4 Å². The molecule has 0 aliphatic heterocycles. The van der Waals surface area contributed by atoms with Gasteiger partial charge in [0.1, 0.15) is 0 Å². The fourth-order valence-electron chi connectivity index (χ4n) is 3.18. The van der Waals surface area contributed by atoms with Crippen molar-refractivity contribution in [2.45, 2.75) is 11.3 Å². The maximum absolute atomic E-state index is 13.2. The van der Waals surface area contributed by atoms with Crippen molar-refractivity contribution in [2.75, 3.05) is 0 Å². The summed E-state index contributed by atoms with van der Waals surface area (Å²) in [5.41, 5.74) is 1.40. The van der Waals surface area contributed by atoms with Crippen LogP contribution in [0.1, 0.15) is 37.5 Å². The van der Waals surface area contributed by atoms with Gasteiger partial charge in [0.2, 0.25) is 5.78 Å². The summed E-state index contributed by atoms with van der Waals surface area (Å²) in [5, 5.41) is 0.527. The lowest BCUT2D eigenvalue weighted by molar-refractivity contribution is 0.0946. The zero-order valence-electron chi connectivity index (χ0n) is 15.2. The number of hydrogen-bond donors (Lipinski definition) is 0. The molecule has 5 heteroatoms. The fourth-order valence-corrected chi connectivity index (χ4v) is 4.32. The summed E-state index contributed by atoms with van der Waals surface area (Å²) in [4.78, 5) is 40.3. The van der Waals surface area contributed by atoms with Gasteiger partial charge in [-0.2, -0.15) is 0 Å². The van der Waals surface area contributed by atoms with Crippen LogP contribution in [0.15, 0.2) is 94.2 Å². The molecule has 29 heavy (non-hydrogen) atoms. The molecular weight excluding hydrogens is 404 g/mol. The van der Waals surface area contributed by atoms with Crippen molar-refractivity contribution in [3.05, 3.63) is 111 Å². The van der Waals surface area contributed by atoms with Crippen LogP contribution in [-0.4, -0.2) is 17.3 Å². The van der Waals surface area contributed by atoms with Gasteiger partial charge in [-0.1, -0.05) is 65.8 Å². The number of fused-ring (bicyclic) bond motifs is 1. The summed E-state index contributed by atoms with van der Waals surface area (Å²) in [6.45, 7) is 0. The summed E-state index contributed by atoms with van der Waals surface area (Å²) >= 11 is 7.12. The summed E-state index contributed by atoms with van der Waals surface area (Å²) in [6.07, 6.45) is -0.143. The second-order valence-electron chi connectivity index (χ2n) is 6.53. The molecule has 4 rings (SSSR count). The summed E-state index contributed by atoms with van der Waals surface area (Å²) in [6, 6.07) is 22.6. The molecule has 142 valence electrons. The normalized spacial score (nSPS) is 13.4. The Morgan fingerprint density at radius 1 is 0.759 bits per heavy atom. The smallest absolute Gasteiger partial charge is 0.200 e. The molecule has 0 heterocycles. The number of allylic oxidation sites excluding steroid dienone is 2. The van der Waals surface area contributed by atoms with Crippen LogP contribution in [0.2, 0.25) is 5.02 Å². The molecule has 0 saturated carbocycles. The van der Waals surface area contributed by atoms with E-state index in [1.807, 2.05) is 30.3 Å². The van der Waals surface area contributed by atoms with Crippen molar-refractivity contribution < 1.29 is 14.4 Å². The van der Waals surface area contributed by atoms with Crippen LogP contribution in [0, 0.1) is 0 Å². The van der Waals surface area contributed by atoms with Crippen molar-refractivity contribution in [3.8, 4) is 0 Å². The lowest BCUT2D eigenvalue weighted by atomic mass is 9.86. The third-order valence-corrected chi connectivity index (χ3v) is 6.03. The first kappa shape index (κ1) is 19.4. The van der Waals surface area contributed by atoms with Crippen molar-refractivity contribution in [1.82, 2.24) is 0 Å². The van der Waals surface area contributed by atoms with Crippen molar-refractivity contribution in [1.29, 1.82) is 0 Å². The second-order valence-corrected chi connectivity index (χ2v) is 8.05. The first-order valence-corrected chi connectivity index (χ1v) is 10.2. The number of hydrogen-bond acceptors (Lipinski definition) is 4. The van der Waals surface area contributed by atoms with Crippen LogP contribution < -0.4 is 0 Å². The van der Waals surface area contributed by atoms with Crippen LogP contribution in [0.5, 0.6) is 0 Å². The zero-order valence-corrected chi connectivity index (χ0v) is 16.8. The molecule has 0 spiro atoms. The molecule has 0 fully saturated rings. The molecule has 0 aromatic heterocycles. The van der Waals surface area contributed by atoms with E-state index in [9.17, 15) is 14.4 Å². The Bertz CT molecular complexity index is 1150.